The lowest BCUT2D eigenvalue weighted by Crippen LogP contribution is -2.60. The van der Waals surface area contributed by atoms with Gasteiger partial charge >= 0.3 is 0 Å². The minimum atomic E-state index is 0.509. The van der Waals surface area contributed by atoms with E-state index < -0.39 is 0 Å². The SMILES string of the molecule is CC[C@H]1C[C@]2(C)C3=C(CCCC3)CC[N@+]2(C)C1. The number of hydrogen-bond acceptors (Lipinski definition) is 0. The van der Waals surface area contributed by atoms with Crippen molar-refractivity contribution < 1.29 is 4.48 Å². The van der Waals surface area contributed by atoms with Crippen LogP contribution in [0.15, 0.2) is 11.1 Å². The Hall–Kier alpha value is -0.300. The molecule has 0 amide bonds. The maximum Gasteiger partial charge on any atom is 0.118 e. The highest BCUT2D eigenvalue weighted by molar-refractivity contribution is 5.29. The predicted molar refractivity (Wildman–Crippen MR) is 72.8 cm³/mol. The second-order valence-corrected chi connectivity index (χ2v) is 7.09. The van der Waals surface area contributed by atoms with Crippen LogP contribution in [0.4, 0.5) is 0 Å². The molecule has 3 aliphatic rings. The molecule has 1 heteroatoms. The van der Waals surface area contributed by atoms with E-state index in [2.05, 4.69) is 20.9 Å². The molecule has 1 fully saturated rings. The van der Waals surface area contributed by atoms with Gasteiger partial charge in [0.15, 0.2) is 0 Å². The van der Waals surface area contributed by atoms with Crippen LogP contribution in [0.5, 0.6) is 0 Å². The van der Waals surface area contributed by atoms with Gasteiger partial charge in [-0.1, -0.05) is 12.5 Å². The molecule has 96 valence electrons. The predicted octanol–water partition coefficient (Wildman–Crippen LogP) is 3.90. The smallest absolute Gasteiger partial charge is 0.118 e. The lowest BCUT2D eigenvalue weighted by molar-refractivity contribution is -0.942. The zero-order valence-corrected chi connectivity index (χ0v) is 11.9. The Morgan fingerprint density at radius 2 is 2.00 bits per heavy atom. The fraction of sp³-hybridized carbons (Fsp3) is 0.875. The van der Waals surface area contributed by atoms with Gasteiger partial charge < -0.3 is 4.48 Å². The maximum atomic E-state index is 2.59. The molecule has 0 aromatic rings. The first-order valence-electron chi connectivity index (χ1n) is 7.65. The number of hydrogen-bond donors (Lipinski definition) is 0. The first-order valence-corrected chi connectivity index (χ1v) is 7.65. The van der Waals surface area contributed by atoms with E-state index in [-0.39, 0.29) is 0 Å². The molecule has 3 rings (SSSR count). The molecule has 0 bridgehead atoms. The van der Waals surface area contributed by atoms with Gasteiger partial charge in [0.05, 0.1) is 20.1 Å². The Bertz CT molecular complexity index is 357. The average Bonchev–Trinajstić information content (AvgIpc) is 2.62. The summed E-state index contributed by atoms with van der Waals surface area (Å²) >= 11 is 0. The van der Waals surface area contributed by atoms with Crippen molar-refractivity contribution in [3.05, 3.63) is 11.1 Å². The van der Waals surface area contributed by atoms with Gasteiger partial charge in [-0.05, 0) is 44.6 Å². The highest BCUT2D eigenvalue weighted by atomic mass is 15.4. The zero-order chi connectivity index (χ0) is 12.1. The standard InChI is InChI=1S/C16H28N/c1-4-13-11-16(2)15-8-6-5-7-14(15)9-10-17(16,3)12-13/h13H,4-12H2,1-3H3/q+1/t13-,16+,17+/m0/s1. The number of nitrogens with zero attached hydrogens (tertiary/aromatic N) is 1. The van der Waals surface area contributed by atoms with Crippen LogP contribution in [-0.4, -0.2) is 30.2 Å². The lowest BCUT2D eigenvalue weighted by Gasteiger charge is -2.51. The minimum Gasteiger partial charge on any atom is -0.317 e. The van der Waals surface area contributed by atoms with E-state index in [0.717, 1.165) is 5.92 Å². The van der Waals surface area contributed by atoms with Gasteiger partial charge in [0.2, 0.25) is 0 Å². The molecule has 1 nitrogen and oxygen atoms in total. The van der Waals surface area contributed by atoms with Crippen molar-refractivity contribution in [2.45, 2.75) is 64.3 Å². The summed E-state index contributed by atoms with van der Waals surface area (Å²) in [7, 11) is 2.54. The summed E-state index contributed by atoms with van der Waals surface area (Å²) in [6.45, 7) is 7.81. The molecule has 0 aromatic heterocycles. The van der Waals surface area contributed by atoms with Gasteiger partial charge in [-0.2, -0.15) is 0 Å². The van der Waals surface area contributed by atoms with Gasteiger partial charge in [-0.25, -0.2) is 0 Å². The summed E-state index contributed by atoms with van der Waals surface area (Å²) in [4.78, 5) is 0. The Kier molecular flexibility index (Phi) is 2.66. The number of rotatable bonds is 1. The highest BCUT2D eigenvalue weighted by Crippen LogP contribution is 2.52. The Morgan fingerprint density at radius 1 is 1.24 bits per heavy atom. The fourth-order valence-corrected chi connectivity index (χ4v) is 4.95. The first-order chi connectivity index (χ1) is 8.09. The molecule has 1 saturated heterocycles. The van der Waals surface area contributed by atoms with Crippen LogP contribution in [0.25, 0.3) is 0 Å². The van der Waals surface area contributed by atoms with Crippen LogP contribution in [0.1, 0.15) is 58.8 Å². The summed E-state index contributed by atoms with van der Waals surface area (Å²) < 4.78 is 1.35. The second-order valence-electron chi connectivity index (χ2n) is 7.09. The molecule has 0 N–H and O–H groups in total. The molecule has 0 saturated carbocycles. The molecule has 0 radical (unpaired) electrons. The maximum absolute atomic E-state index is 2.59. The molecule has 2 aliphatic heterocycles. The lowest BCUT2D eigenvalue weighted by atomic mass is 9.73. The van der Waals surface area contributed by atoms with Crippen LogP contribution >= 0.6 is 0 Å². The molecule has 0 unspecified atom stereocenters. The van der Waals surface area contributed by atoms with E-state index in [1.54, 1.807) is 0 Å². The first kappa shape index (κ1) is 11.8. The molecule has 0 spiro atoms. The quantitative estimate of drug-likeness (QED) is 0.477. The van der Waals surface area contributed by atoms with Crippen molar-refractivity contribution in [2.75, 3.05) is 20.1 Å². The van der Waals surface area contributed by atoms with Gasteiger partial charge in [-0.15, -0.1) is 0 Å². The Balaban J connectivity index is 2.01. The normalized spacial score (nSPS) is 45.7. The molecule has 17 heavy (non-hydrogen) atoms. The number of quaternary nitrogens is 1. The topological polar surface area (TPSA) is 0 Å². The molecule has 1 aliphatic carbocycles. The van der Waals surface area contributed by atoms with Gasteiger partial charge in [-0.3, -0.25) is 0 Å². The molecule has 2 heterocycles. The van der Waals surface area contributed by atoms with Crippen LogP contribution in [0.2, 0.25) is 0 Å². The van der Waals surface area contributed by atoms with Crippen molar-refractivity contribution >= 4 is 0 Å². The third-order valence-corrected chi connectivity index (χ3v) is 6.26. The van der Waals surface area contributed by atoms with E-state index >= 15 is 0 Å². The van der Waals surface area contributed by atoms with Gasteiger partial charge in [0.25, 0.3) is 0 Å². The van der Waals surface area contributed by atoms with Gasteiger partial charge in [0.1, 0.15) is 5.54 Å². The third-order valence-electron chi connectivity index (χ3n) is 6.26. The molecular formula is C16H28N+. The Labute approximate surface area is 106 Å². The van der Waals surface area contributed by atoms with Crippen molar-refractivity contribution in [2.24, 2.45) is 5.92 Å². The number of fused-ring (bicyclic) bond motifs is 2. The van der Waals surface area contributed by atoms with Crippen LogP contribution in [0, 0.1) is 5.92 Å². The van der Waals surface area contributed by atoms with Gasteiger partial charge in [0, 0.05) is 18.8 Å². The van der Waals surface area contributed by atoms with Crippen LogP contribution in [0.3, 0.4) is 0 Å². The monoisotopic (exact) mass is 234 g/mol. The van der Waals surface area contributed by atoms with Crippen LogP contribution in [-0.2, 0) is 0 Å². The zero-order valence-electron chi connectivity index (χ0n) is 11.9. The Morgan fingerprint density at radius 3 is 2.76 bits per heavy atom. The fourth-order valence-electron chi connectivity index (χ4n) is 4.95. The molecule has 3 atom stereocenters. The van der Waals surface area contributed by atoms with E-state index in [1.807, 2.05) is 11.1 Å². The van der Waals surface area contributed by atoms with E-state index in [9.17, 15) is 0 Å². The summed E-state index contributed by atoms with van der Waals surface area (Å²) in [6.07, 6.45) is 9.97. The largest absolute Gasteiger partial charge is 0.317 e. The summed E-state index contributed by atoms with van der Waals surface area (Å²) in [5.41, 5.74) is 4.27. The number of likely N-dealkylation sites (N-methyl/N-ethyl adjacent to an activating group) is 1. The van der Waals surface area contributed by atoms with Crippen LogP contribution < -0.4 is 0 Å². The summed E-state index contributed by atoms with van der Waals surface area (Å²) in [5.74, 6) is 0.971. The van der Waals surface area contributed by atoms with Crippen molar-refractivity contribution in [1.29, 1.82) is 0 Å². The van der Waals surface area contributed by atoms with E-state index in [0.29, 0.717) is 5.54 Å². The minimum absolute atomic E-state index is 0.509. The molecular weight excluding hydrogens is 206 g/mol. The summed E-state index contributed by atoms with van der Waals surface area (Å²) in [6, 6.07) is 0. The van der Waals surface area contributed by atoms with Crippen molar-refractivity contribution in [1.82, 2.24) is 0 Å². The van der Waals surface area contributed by atoms with E-state index in [1.165, 1.54) is 62.5 Å². The van der Waals surface area contributed by atoms with E-state index in [4.69, 9.17) is 0 Å². The second kappa shape index (κ2) is 3.85. The highest BCUT2D eigenvalue weighted by Gasteiger charge is 2.56. The third kappa shape index (κ3) is 1.54. The van der Waals surface area contributed by atoms with Crippen molar-refractivity contribution in [3.8, 4) is 0 Å². The molecule has 0 aromatic carbocycles. The van der Waals surface area contributed by atoms with Crippen molar-refractivity contribution in [3.63, 3.8) is 0 Å². The summed E-state index contributed by atoms with van der Waals surface area (Å²) in [5, 5.41) is 0. The average molecular weight is 234 g/mol.